The number of hydrogen-bond acceptors (Lipinski definition) is 4. The van der Waals surface area contributed by atoms with Crippen LogP contribution < -0.4 is 4.74 Å². The third-order valence-electron chi connectivity index (χ3n) is 7.10. The number of likely N-dealkylation sites (tertiary alicyclic amines) is 1. The highest BCUT2D eigenvalue weighted by atomic mass is 16.5. The molecule has 3 aliphatic carbocycles. The van der Waals surface area contributed by atoms with Gasteiger partial charge in [0.2, 0.25) is 0 Å². The summed E-state index contributed by atoms with van der Waals surface area (Å²) >= 11 is 0. The molecule has 0 radical (unpaired) electrons. The molecule has 2 fully saturated rings. The highest BCUT2D eigenvalue weighted by Crippen LogP contribution is 2.75. The number of likely N-dealkylation sites (N-methyl/N-ethyl adjacent to an activating group) is 1. The number of phenolic OH excluding ortho intramolecular Hbond substituents is 1. The van der Waals surface area contributed by atoms with Gasteiger partial charge in [0.15, 0.2) is 11.5 Å². The van der Waals surface area contributed by atoms with Crippen molar-refractivity contribution < 1.29 is 14.9 Å². The highest BCUT2D eigenvalue weighted by molar-refractivity contribution is 5.63. The Kier molecular flexibility index (Phi) is 1.75. The Morgan fingerprint density at radius 3 is 3.09 bits per heavy atom. The van der Waals surface area contributed by atoms with E-state index in [1.165, 1.54) is 11.1 Å². The van der Waals surface area contributed by atoms with E-state index in [4.69, 9.17) is 4.74 Å². The standard InChI is InChI=1S/C18H19NO3/c1-19-8-17-5-4-12(21)16-18(7-17)13-9(6-10(19)15(17)18)2-3-11(20)14(13)22-16/h2-5,10,12,15-16,20-21H,6-8H2,1H3/t10-,12+,15?,16+,17?,18-/m1/s1. The van der Waals surface area contributed by atoms with Crippen molar-refractivity contribution in [3.63, 3.8) is 0 Å². The van der Waals surface area contributed by atoms with Crippen LogP contribution in [0.5, 0.6) is 11.5 Å². The number of phenols is 1. The minimum absolute atomic E-state index is 0.111. The van der Waals surface area contributed by atoms with Crippen LogP contribution in [-0.2, 0) is 11.8 Å². The Labute approximate surface area is 129 Å². The van der Waals surface area contributed by atoms with Gasteiger partial charge in [-0.1, -0.05) is 18.2 Å². The molecule has 5 aliphatic rings. The van der Waals surface area contributed by atoms with Gasteiger partial charge in [0.25, 0.3) is 0 Å². The van der Waals surface area contributed by atoms with Crippen molar-refractivity contribution in [1.29, 1.82) is 0 Å². The second-order valence-electron chi connectivity index (χ2n) is 7.95. The van der Waals surface area contributed by atoms with Gasteiger partial charge in [0.05, 0.1) is 0 Å². The summed E-state index contributed by atoms with van der Waals surface area (Å²) in [4.78, 5) is 2.49. The number of rotatable bonds is 0. The van der Waals surface area contributed by atoms with Crippen molar-refractivity contribution in [2.75, 3.05) is 13.6 Å². The molecule has 114 valence electrons. The predicted molar refractivity (Wildman–Crippen MR) is 80.0 cm³/mol. The summed E-state index contributed by atoms with van der Waals surface area (Å²) in [5, 5.41) is 20.9. The summed E-state index contributed by atoms with van der Waals surface area (Å²) < 4.78 is 6.15. The molecular formula is C18H19NO3. The van der Waals surface area contributed by atoms with Gasteiger partial charge < -0.3 is 19.8 Å². The minimum Gasteiger partial charge on any atom is -0.504 e. The van der Waals surface area contributed by atoms with Gasteiger partial charge in [-0.2, -0.15) is 0 Å². The van der Waals surface area contributed by atoms with Gasteiger partial charge in [-0.15, -0.1) is 0 Å². The van der Waals surface area contributed by atoms with Crippen LogP contribution in [0, 0.1) is 11.3 Å². The van der Waals surface area contributed by atoms with Crippen LogP contribution in [0.4, 0.5) is 0 Å². The summed E-state index contributed by atoms with van der Waals surface area (Å²) in [6.07, 6.45) is 5.42. The molecule has 1 aromatic rings. The number of benzene rings is 1. The minimum atomic E-state index is -0.589. The lowest BCUT2D eigenvalue weighted by atomic mass is 9.40. The second-order valence-corrected chi connectivity index (χ2v) is 7.95. The van der Waals surface area contributed by atoms with Crippen molar-refractivity contribution in [1.82, 2.24) is 4.90 Å². The molecule has 0 aromatic heterocycles. The first kappa shape index (κ1) is 12.0. The Balaban J connectivity index is 1.70. The number of aliphatic hydroxyl groups is 1. The molecule has 6 atom stereocenters. The lowest BCUT2D eigenvalue weighted by molar-refractivity contribution is -0.0878. The van der Waals surface area contributed by atoms with Crippen LogP contribution in [0.15, 0.2) is 24.3 Å². The number of ether oxygens (including phenoxy) is 1. The molecule has 2 unspecified atom stereocenters. The van der Waals surface area contributed by atoms with Crippen LogP contribution in [0.2, 0.25) is 0 Å². The quantitative estimate of drug-likeness (QED) is 0.707. The summed E-state index contributed by atoms with van der Waals surface area (Å²) in [6, 6.07) is 4.32. The Morgan fingerprint density at radius 1 is 1.36 bits per heavy atom. The molecule has 2 spiro atoms. The summed E-state index contributed by atoms with van der Waals surface area (Å²) in [6.45, 7) is 1.06. The molecule has 2 bridgehead atoms. The van der Waals surface area contributed by atoms with E-state index < -0.39 is 6.10 Å². The van der Waals surface area contributed by atoms with Gasteiger partial charge in [-0.25, -0.2) is 0 Å². The number of nitrogens with zero attached hydrogens (tertiary/aromatic N) is 1. The van der Waals surface area contributed by atoms with E-state index in [0.29, 0.717) is 17.7 Å². The van der Waals surface area contributed by atoms with E-state index in [-0.39, 0.29) is 22.7 Å². The zero-order valence-corrected chi connectivity index (χ0v) is 12.5. The monoisotopic (exact) mass is 297 g/mol. The van der Waals surface area contributed by atoms with Gasteiger partial charge >= 0.3 is 0 Å². The lowest BCUT2D eigenvalue weighted by Gasteiger charge is -2.61. The van der Waals surface area contributed by atoms with Crippen molar-refractivity contribution in [3.05, 3.63) is 35.4 Å². The summed E-state index contributed by atoms with van der Waals surface area (Å²) in [5.74, 6) is 1.36. The molecule has 4 nitrogen and oxygen atoms in total. The maximum atomic E-state index is 10.6. The average Bonchev–Trinajstić information content (AvgIpc) is 2.88. The molecule has 6 rings (SSSR count). The van der Waals surface area contributed by atoms with Gasteiger partial charge in [-0.3, -0.25) is 0 Å². The van der Waals surface area contributed by atoms with Crippen LogP contribution in [0.3, 0.4) is 0 Å². The second kappa shape index (κ2) is 3.22. The highest BCUT2D eigenvalue weighted by Gasteiger charge is 2.78. The third-order valence-corrected chi connectivity index (χ3v) is 7.10. The number of aromatic hydroxyl groups is 1. The fourth-order valence-corrected chi connectivity index (χ4v) is 6.65. The van der Waals surface area contributed by atoms with Crippen LogP contribution in [0.25, 0.3) is 0 Å². The van der Waals surface area contributed by atoms with Gasteiger partial charge in [0, 0.05) is 29.0 Å². The molecule has 0 amide bonds. The van der Waals surface area contributed by atoms with E-state index in [1.807, 2.05) is 6.08 Å². The van der Waals surface area contributed by atoms with Crippen molar-refractivity contribution in [3.8, 4) is 11.5 Å². The first-order chi connectivity index (χ1) is 10.6. The molecular weight excluding hydrogens is 278 g/mol. The molecule has 2 N–H and O–H groups in total. The Hall–Kier alpha value is -1.52. The summed E-state index contributed by atoms with van der Waals surface area (Å²) in [5.41, 5.74) is 2.57. The number of hydrogen-bond donors (Lipinski definition) is 2. The fraction of sp³-hybridized carbons (Fsp3) is 0.556. The Bertz CT molecular complexity index is 759. The topological polar surface area (TPSA) is 52.9 Å². The van der Waals surface area contributed by atoms with E-state index in [1.54, 1.807) is 6.07 Å². The SMILES string of the molecule is CN1CC23C=C[C@H](O)[C@@H]4Oc5c(O)ccc6c5[C@]4(C2)C3[C@H]1C6. The van der Waals surface area contributed by atoms with E-state index in [2.05, 4.69) is 24.1 Å². The first-order valence-corrected chi connectivity index (χ1v) is 8.16. The third kappa shape index (κ3) is 0.965. The van der Waals surface area contributed by atoms with Crippen molar-refractivity contribution in [2.24, 2.45) is 11.3 Å². The maximum absolute atomic E-state index is 10.6. The molecule has 1 saturated carbocycles. The maximum Gasteiger partial charge on any atom is 0.165 e. The van der Waals surface area contributed by atoms with Gasteiger partial charge in [-0.05, 0) is 37.4 Å². The predicted octanol–water partition coefficient (Wildman–Crippen LogP) is 1.20. The summed E-state index contributed by atoms with van der Waals surface area (Å²) in [7, 11) is 2.22. The van der Waals surface area contributed by atoms with E-state index in [9.17, 15) is 10.2 Å². The molecule has 2 aliphatic heterocycles. The largest absolute Gasteiger partial charge is 0.504 e. The Morgan fingerprint density at radius 2 is 2.23 bits per heavy atom. The smallest absolute Gasteiger partial charge is 0.165 e. The van der Waals surface area contributed by atoms with Crippen molar-refractivity contribution in [2.45, 2.75) is 36.5 Å². The first-order valence-electron chi connectivity index (χ1n) is 8.16. The average molecular weight is 297 g/mol. The van der Waals surface area contributed by atoms with E-state index in [0.717, 1.165) is 19.4 Å². The number of aliphatic hydroxyl groups excluding tert-OH is 1. The zero-order chi connectivity index (χ0) is 14.9. The molecule has 4 heteroatoms. The normalized spacial score (nSPS) is 49.4. The molecule has 22 heavy (non-hydrogen) atoms. The van der Waals surface area contributed by atoms with Crippen LogP contribution in [0.1, 0.15) is 17.5 Å². The van der Waals surface area contributed by atoms with E-state index >= 15 is 0 Å². The van der Waals surface area contributed by atoms with Crippen LogP contribution in [-0.4, -0.2) is 47.0 Å². The van der Waals surface area contributed by atoms with Crippen LogP contribution >= 0.6 is 0 Å². The molecule has 2 heterocycles. The lowest BCUT2D eigenvalue weighted by Crippen LogP contribution is -2.66. The van der Waals surface area contributed by atoms with Crippen molar-refractivity contribution >= 4 is 0 Å². The van der Waals surface area contributed by atoms with Gasteiger partial charge in [0.1, 0.15) is 12.2 Å². The zero-order valence-electron chi connectivity index (χ0n) is 12.5. The fourth-order valence-electron chi connectivity index (χ4n) is 6.65. The molecule has 1 saturated heterocycles. The molecule has 1 aromatic carbocycles.